The largest absolute Gasteiger partial charge is 0.493 e. The van der Waals surface area contributed by atoms with Crippen LogP contribution < -0.4 is 10.1 Å². The fraction of sp³-hybridized carbons (Fsp3) is 0.323. The molecule has 3 aliphatic rings. The molecule has 2 aromatic rings. The number of rotatable bonds is 7. The van der Waals surface area contributed by atoms with Crippen molar-refractivity contribution in [1.29, 1.82) is 5.26 Å². The zero-order valence-electron chi connectivity index (χ0n) is 21.3. The molecular weight excluding hydrogens is 480 g/mol. The number of hydrogen-bond acceptors (Lipinski definition) is 5. The molecule has 1 saturated carbocycles. The number of nitriles is 1. The molecule has 1 heterocycles. The molecule has 194 valence electrons. The van der Waals surface area contributed by atoms with Crippen molar-refractivity contribution < 1.29 is 24.2 Å². The Morgan fingerprint density at radius 3 is 2.55 bits per heavy atom. The van der Waals surface area contributed by atoms with Crippen molar-refractivity contribution in [2.24, 2.45) is 5.92 Å². The second kappa shape index (κ2) is 10.6. The van der Waals surface area contributed by atoms with E-state index in [1.165, 1.54) is 11.1 Å². The molecule has 0 bridgehead atoms. The van der Waals surface area contributed by atoms with E-state index < -0.39 is 11.9 Å². The van der Waals surface area contributed by atoms with E-state index in [1.54, 1.807) is 30.3 Å². The summed E-state index contributed by atoms with van der Waals surface area (Å²) in [5, 5.41) is 22.4. The minimum Gasteiger partial charge on any atom is -0.493 e. The predicted molar refractivity (Wildman–Crippen MR) is 141 cm³/mol. The van der Waals surface area contributed by atoms with E-state index in [-0.39, 0.29) is 17.9 Å². The number of allylic oxidation sites excluding steroid dienone is 4. The van der Waals surface area contributed by atoms with E-state index in [1.807, 2.05) is 6.08 Å². The lowest BCUT2D eigenvalue weighted by Crippen LogP contribution is -2.32. The first kappa shape index (κ1) is 25.3. The lowest BCUT2D eigenvalue weighted by atomic mass is 9.89. The summed E-state index contributed by atoms with van der Waals surface area (Å²) in [5.74, 6) is -0.465. The minimum absolute atomic E-state index is 0.0203. The molecule has 1 unspecified atom stereocenters. The molecule has 38 heavy (non-hydrogen) atoms. The molecule has 1 atom stereocenters. The first-order valence-corrected chi connectivity index (χ1v) is 12.9. The van der Waals surface area contributed by atoms with Crippen LogP contribution in [0, 0.1) is 24.2 Å². The molecule has 0 radical (unpaired) electrons. The van der Waals surface area contributed by atoms with E-state index in [0.29, 0.717) is 59.8 Å². The maximum Gasteiger partial charge on any atom is 0.311 e. The van der Waals surface area contributed by atoms with E-state index >= 15 is 0 Å². The number of aliphatic carboxylic acids is 1. The fourth-order valence-corrected chi connectivity index (χ4v) is 5.00. The fourth-order valence-electron chi connectivity index (χ4n) is 5.00. The predicted octanol–water partition coefficient (Wildman–Crippen LogP) is 5.34. The second-order valence-electron chi connectivity index (χ2n) is 10.1. The smallest absolute Gasteiger partial charge is 0.311 e. The minimum atomic E-state index is -0.890. The number of nitrogens with one attached hydrogen (secondary N) is 1. The molecule has 0 spiro atoms. The standard InChI is InChI=1S/C31H30N2O5/c1-20-5-9-23(10-6-20)31(14-15-31)19-33-29(34)21-7-11-24(12-8-21)38-27-17-28-25(4-2-3-22(27)18-32)26(30(35)36)13-16-37-28/h4-12,17,26H,2-3,13-16,19H2,1H3,(H,33,34)(H,35,36)/b25-4-,27-22+,28-17+. The number of benzene rings is 2. The number of carboxylic acid groups (broad SMARTS) is 1. The van der Waals surface area contributed by atoms with Gasteiger partial charge in [0, 0.05) is 29.2 Å². The molecule has 2 fully saturated rings. The zero-order chi connectivity index (χ0) is 26.7. The van der Waals surface area contributed by atoms with Crippen LogP contribution >= 0.6 is 0 Å². The van der Waals surface area contributed by atoms with Gasteiger partial charge in [-0.05, 0) is 68.9 Å². The van der Waals surface area contributed by atoms with Crippen molar-refractivity contribution in [2.45, 2.75) is 44.4 Å². The Kier molecular flexibility index (Phi) is 7.06. The molecule has 2 aliphatic carbocycles. The zero-order valence-corrected chi connectivity index (χ0v) is 21.3. The molecule has 5 rings (SSSR count). The highest BCUT2D eigenvalue weighted by Crippen LogP contribution is 2.47. The first-order chi connectivity index (χ1) is 18.4. The Bertz CT molecular complexity index is 1370. The number of hydrogen-bond donors (Lipinski definition) is 2. The third-order valence-electron chi connectivity index (χ3n) is 7.52. The molecule has 2 aromatic carbocycles. The molecule has 2 N–H and O–H groups in total. The molecule has 1 saturated heterocycles. The third kappa shape index (κ3) is 5.35. The number of carboxylic acids is 1. The molecular formula is C31H30N2O5. The van der Waals surface area contributed by atoms with Gasteiger partial charge in [-0.3, -0.25) is 9.59 Å². The van der Waals surface area contributed by atoms with Crippen LogP contribution in [0.1, 0.15) is 53.6 Å². The molecule has 7 heteroatoms. The Morgan fingerprint density at radius 1 is 1.16 bits per heavy atom. The molecule has 7 nitrogen and oxygen atoms in total. The summed E-state index contributed by atoms with van der Waals surface area (Å²) < 4.78 is 11.8. The number of amides is 1. The lowest BCUT2D eigenvalue weighted by Gasteiger charge is -2.27. The highest BCUT2D eigenvalue weighted by Gasteiger charge is 2.44. The Morgan fingerprint density at radius 2 is 1.89 bits per heavy atom. The van der Waals surface area contributed by atoms with Gasteiger partial charge < -0.3 is 19.9 Å². The van der Waals surface area contributed by atoms with Crippen LogP contribution in [0.3, 0.4) is 0 Å². The van der Waals surface area contributed by atoms with Crippen molar-refractivity contribution in [3.05, 3.63) is 100 Å². The quantitative estimate of drug-likeness (QED) is 0.521. The van der Waals surface area contributed by atoms with Crippen molar-refractivity contribution in [3.63, 3.8) is 0 Å². The van der Waals surface area contributed by atoms with Gasteiger partial charge in [0.25, 0.3) is 5.91 Å². The van der Waals surface area contributed by atoms with Crippen LogP contribution in [-0.4, -0.2) is 30.1 Å². The number of aryl methyl sites for hydroxylation is 1. The van der Waals surface area contributed by atoms with Gasteiger partial charge in [0.2, 0.25) is 0 Å². The summed E-state index contributed by atoms with van der Waals surface area (Å²) in [4.78, 5) is 24.6. The summed E-state index contributed by atoms with van der Waals surface area (Å²) in [6.07, 6.45) is 6.91. The summed E-state index contributed by atoms with van der Waals surface area (Å²) in [7, 11) is 0. The van der Waals surface area contributed by atoms with Gasteiger partial charge >= 0.3 is 5.97 Å². The normalized spacial score (nSPS) is 24.5. The van der Waals surface area contributed by atoms with Crippen LogP contribution in [0.15, 0.2) is 83.3 Å². The van der Waals surface area contributed by atoms with Crippen LogP contribution in [-0.2, 0) is 14.9 Å². The average molecular weight is 511 g/mol. The summed E-state index contributed by atoms with van der Waals surface area (Å²) in [6, 6.07) is 17.5. The molecule has 0 aromatic heterocycles. The first-order valence-electron chi connectivity index (χ1n) is 12.9. The van der Waals surface area contributed by atoms with Crippen molar-refractivity contribution in [2.75, 3.05) is 13.2 Å². The Hall–Kier alpha value is -4.31. The van der Waals surface area contributed by atoms with Crippen LogP contribution in [0.25, 0.3) is 0 Å². The highest BCUT2D eigenvalue weighted by molar-refractivity contribution is 5.94. The number of fused-ring (bicyclic) bond motifs is 1. The number of ether oxygens (including phenoxy) is 2. The van der Waals surface area contributed by atoms with Gasteiger partial charge in [0.1, 0.15) is 17.3 Å². The summed E-state index contributed by atoms with van der Waals surface area (Å²) >= 11 is 0. The van der Waals surface area contributed by atoms with E-state index in [0.717, 1.165) is 12.8 Å². The number of carbonyl (C=O) groups excluding carboxylic acids is 1. The van der Waals surface area contributed by atoms with E-state index in [2.05, 4.69) is 42.6 Å². The SMILES string of the molecule is Cc1ccc(C2(CNC(=O)c3ccc(OC4=C(/C#N)CC\C=C5/C(=C\4)OCCC5C(=O)O)cc3)CC2)cc1. The van der Waals surface area contributed by atoms with Gasteiger partial charge in [0.05, 0.1) is 24.2 Å². The van der Waals surface area contributed by atoms with Gasteiger partial charge in [-0.25, -0.2) is 0 Å². The lowest BCUT2D eigenvalue weighted by molar-refractivity contribution is -0.141. The Balaban J connectivity index is 1.27. The van der Waals surface area contributed by atoms with Crippen molar-refractivity contribution >= 4 is 11.9 Å². The van der Waals surface area contributed by atoms with Gasteiger partial charge in [0.15, 0.2) is 0 Å². The second-order valence-corrected chi connectivity index (χ2v) is 10.1. The Labute approximate surface area is 222 Å². The topological polar surface area (TPSA) is 109 Å². The van der Waals surface area contributed by atoms with Crippen LogP contribution in [0.5, 0.6) is 5.75 Å². The van der Waals surface area contributed by atoms with Gasteiger partial charge in [-0.15, -0.1) is 0 Å². The molecule has 1 amide bonds. The van der Waals surface area contributed by atoms with Crippen LogP contribution in [0.4, 0.5) is 0 Å². The van der Waals surface area contributed by atoms with Crippen LogP contribution in [0.2, 0.25) is 0 Å². The van der Waals surface area contributed by atoms with Gasteiger partial charge in [-0.1, -0.05) is 35.9 Å². The maximum absolute atomic E-state index is 12.8. The maximum atomic E-state index is 12.8. The summed E-state index contributed by atoms with van der Waals surface area (Å²) in [6.45, 7) is 2.94. The van der Waals surface area contributed by atoms with Crippen molar-refractivity contribution in [1.82, 2.24) is 5.32 Å². The van der Waals surface area contributed by atoms with Gasteiger partial charge in [-0.2, -0.15) is 5.26 Å². The molecule has 1 aliphatic heterocycles. The monoisotopic (exact) mass is 510 g/mol. The van der Waals surface area contributed by atoms with E-state index in [9.17, 15) is 20.0 Å². The number of carbonyl (C=O) groups is 2. The average Bonchev–Trinajstić information content (AvgIpc) is 3.70. The van der Waals surface area contributed by atoms with E-state index in [4.69, 9.17) is 9.47 Å². The third-order valence-corrected chi connectivity index (χ3v) is 7.52. The van der Waals surface area contributed by atoms with Crippen molar-refractivity contribution in [3.8, 4) is 11.8 Å². The highest BCUT2D eigenvalue weighted by atomic mass is 16.5. The number of nitrogens with zero attached hydrogens (tertiary/aromatic N) is 1. The summed E-state index contributed by atoms with van der Waals surface area (Å²) in [5.41, 5.74) is 4.09.